The molecule has 0 saturated carbocycles. The molecule has 4 nitrogen and oxygen atoms in total. The highest BCUT2D eigenvalue weighted by Gasteiger charge is 2.14. The van der Waals surface area contributed by atoms with Crippen LogP contribution in [-0.4, -0.2) is 20.2 Å². The zero-order valence-electron chi connectivity index (χ0n) is 12.6. The van der Waals surface area contributed by atoms with E-state index >= 15 is 0 Å². The lowest BCUT2D eigenvalue weighted by atomic mass is 10.1. The molecule has 0 fully saturated rings. The van der Waals surface area contributed by atoms with Crippen LogP contribution in [-0.2, 0) is 5.75 Å². The molecule has 23 heavy (non-hydrogen) atoms. The molecule has 2 aromatic carbocycles. The number of benzene rings is 2. The Labute approximate surface area is 142 Å². The summed E-state index contributed by atoms with van der Waals surface area (Å²) in [5.41, 5.74) is 4.01. The van der Waals surface area contributed by atoms with Crippen LogP contribution in [0.3, 0.4) is 0 Å². The van der Waals surface area contributed by atoms with Crippen molar-refractivity contribution in [2.45, 2.75) is 24.8 Å². The van der Waals surface area contributed by atoms with Crippen molar-refractivity contribution in [3.05, 3.63) is 63.9 Å². The van der Waals surface area contributed by atoms with Crippen molar-refractivity contribution in [3.63, 3.8) is 0 Å². The van der Waals surface area contributed by atoms with Crippen LogP contribution in [0.25, 0.3) is 5.69 Å². The largest absolute Gasteiger partial charge is 0.214 e. The smallest absolute Gasteiger partial charge is 0.207 e. The molecule has 0 aliphatic carbocycles. The van der Waals surface area contributed by atoms with Crippen molar-refractivity contribution in [1.29, 1.82) is 0 Å². The summed E-state index contributed by atoms with van der Waals surface area (Å²) in [4.78, 5) is 0. The van der Waals surface area contributed by atoms with E-state index in [-0.39, 0.29) is 5.82 Å². The Kier molecular flexibility index (Phi) is 4.63. The molecule has 3 aromatic rings. The number of tetrazole rings is 1. The SMILES string of the molecule is Cc1cccc(C)c1-n1nnnc1SCc1ccc(F)cc1Cl. The van der Waals surface area contributed by atoms with Crippen molar-refractivity contribution < 1.29 is 4.39 Å². The summed E-state index contributed by atoms with van der Waals surface area (Å²) in [7, 11) is 0. The average Bonchev–Trinajstić information content (AvgIpc) is 2.94. The molecule has 0 saturated heterocycles. The predicted octanol–water partition coefficient (Wildman–Crippen LogP) is 4.36. The van der Waals surface area contributed by atoms with Gasteiger partial charge in [0.1, 0.15) is 5.82 Å². The second-order valence-corrected chi connectivity index (χ2v) is 6.49. The maximum Gasteiger partial charge on any atom is 0.214 e. The van der Waals surface area contributed by atoms with Gasteiger partial charge in [-0.25, -0.2) is 4.39 Å². The number of hydrogen-bond donors (Lipinski definition) is 0. The number of aryl methyl sites for hydroxylation is 2. The fraction of sp³-hybridized carbons (Fsp3) is 0.188. The van der Waals surface area contributed by atoms with E-state index in [9.17, 15) is 4.39 Å². The number of aromatic nitrogens is 4. The molecule has 0 amide bonds. The molecule has 1 heterocycles. The number of rotatable bonds is 4. The third kappa shape index (κ3) is 3.38. The Hall–Kier alpha value is -1.92. The Morgan fingerprint density at radius 2 is 1.91 bits per heavy atom. The number of para-hydroxylation sites is 1. The standard InChI is InChI=1S/C16H14ClFN4S/c1-10-4-3-5-11(2)15(10)22-16(19-20-21-22)23-9-12-6-7-13(18)8-14(12)17/h3-8H,9H2,1-2H3. The lowest BCUT2D eigenvalue weighted by Crippen LogP contribution is -2.04. The summed E-state index contributed by atoms with van der Waals surface area (Å²) in [6, 6.07) is 10.4. The van der Waals surface area contributed by atoms with E-state index in [1.807, 2.05) is 32.0 Å². The minimum atomic E-state index is -0.343. The van der Waals surface area contributed by atoms with Crippen LogP contribution in [0.15, 0.2) is 41.6 Å². The van der Waals surface area contributed by atoms with Crippen LogP contribution in [0.5, 0.6) is 0 Å². The van der Waals surface area contributed by atoms with Gasteiger partial charge in [-0.05, 0) is 53.1 Å². The van der Waals surface area contributed by atoms with E-state index in [4.69, 9.17) is 11.6 Å². The van der Waals surface area contributed by atoms with Gasteiger partial charge in [-0.3, -0.25) is 0 Å². The summed E-state index contributed by atoms with van der Waals surface area (Å²) in [5, 5.41) is 13.0. The Balaban J connectivity index is 1.87. The van der Waals surface area contributed by atoms with Crippen molar-refractivity contribution >= 4 is 23.4 Å². The highest BCUT2D eigenvalue weighted by atomic mass is 35.5. The zero-order chi connectivity index (χ0) is 16.4. The van der Waals surface area contributed by atoms with Crippen LogP contribution in [0.2, 0.25) is 5.02 Å². The Bertz CT molecular complexity index is 830. The highest BCUT2D eigenvalue weighted by Crippen LogP contribution is 2.28. The van der Waals surface area contributed by atoms with Crippen molar-refractivity contribution in [3.8, 4) is 5.69 Å². The van der Waals surface area contributed by atoms with Gasteiger partial charge in [-0.2, -0.15) is 4.68 Å². The first kappa shape index (κ1) is 16.0. The van der Waals surface area contributed by atoms with Gasteiger partial charge in [0, 0.05) is 10.8 Å². The number of thioether (sulfide) groups is 1. The molecule has 1 aromatic heterocycles. The first-order valence-electron chi connectivity index (χ1n) is 6.98. The molecule has 0 N–H and O–H groups in total. The first-order chi connectivity index (χ1) is 11.1. The maximum absolute atomic E-state index is 13.1. The third-order valence-electron chi connectivity index (χ3n) is 3.46. The van der Waals surface area contributed by atoms with Crippen molar-refractivity contribution in [1.82, 2.24) is 20.2 Å². The first-order valence-corrected chi connectivity index (χ1v) is 8.34. The zero-order valence-corrected chi connectivity index (χ0v) is 14.2. The Morgan fingerprint density at radius 1 is 1.17 bits per heavy atom. The second kappa shape index (κ2) is 6.68. The van der Waals surface area contributed by atoms with Crippen LogP contribution in [0.4, 0.5) is 4.39 Å². The van der Waals surface area contributed by atoms with E-state index in [0.29, 0.717) is 15.9 Å². The number of halogens is 2. The molecule has 118 valence electrons. The molecule has 0 atom stereocenters. The number of hydrogen-bond acceptors (Lipinski definition) is 4. The van der Waals surface area contributed by atoms with Gasteiger partial charge in [0.05, 0.1) is 5.69 Å². The monoisotopic (exact) mass is 348 g/mol. The fourth-order valence-corrected chi connectivity index (χ4v) is 3.52. The molecule has 3 rings (SSSR count). The van der Waals surface area contributed by atoms with Crippen LogP contribution < -0.4 is 0 Å². The number of nitrogens with zero attached hydrogens (tertiary/aromatic N) is 4. The molecule has 7 heteroatoms. The van der Waals surface area contributed by atoms with Crippen LogP contribution in [0.1, 0.15) is 16.7 Å². The van der Waals surface area contributed by atoms with Crippen LogP contribution in [0, 0.1) is 19.7 Å². The van der Waals surface area contributed by atoms with Crippen molar-refractivity contribution in [2.24, 2.45) is 0 Å². The van der Waals surface area contributed by atoms with Gasteiger partial charge in [0.15, 0.2) is 0 Å². The molecule has 0 spiro atoms. The molecular weight excluding hydrogens is 335 g/mol. The van der Waals surface area contributed by atoms with Crippen LogP contribution >= 0.6 is 23.4 Å². The lowest BCUT2D eigenvalue weighted by Gasteiger charge is -2.10. The van der Waals surface area contributed by atoms with Gasteiger partial charge in [0.25, 0.3) is 0 Å². The molecule has 0 aliphatic heterocycles. The van der Waals surface area contributed by atoms with E-state index < -0.39 is 0 Å². The average molecular weight is 349 g/mol. The summed E-state index contributed by atoms with van der Waals surface area (Å²) in [6.07, 6.45) is 0. The fourth-order valence-electron chi connectivity index (χ4n) is 2.33. The van der Waals surface area contributed by atoms with Gasteiger partial charge >= 0.3 is 0 Å². The predicted molar refractivity (Wildman–Crippen MR) is 89.6 cm³/mol. The van der Waals surface area contributed by atoms with Gasteiger partial charge in [0.2, 0.25) is 5.16 Å². The molecule has 0 radical (unpaired) electrons. The van der Waals surface area contributed by atoms with E-state index in [1.54, 1.807) is 10.7 Å². The summed E-state index contributed by atoms with van der Waals surface area (Å²) in [6.45, 7) is 4.05. The summed E-state index contributed by atoms with van der Waals surface area (Å²) < 4.78 is 14.8. The molecule has 0 unspecified atom stereocenters. The minimum absolute atomic E-state index is 0.343. The Morgan fingerprint density at radius 3 is 2.61 bits per heavy atom. The summed E-state index contributed by atoms with van der Waals surface area (Å²) in [5.74, 6) is 0.217. The quantitative estimate of drug-likeness (QED) is 0.657. The van der Waals surface area contributed by atoms with Gasteiger partial charge in [-0.1, -0.05) is 47.6 Å². The third-order valence-corrected chi connectivity index (χ3v) is 4.78. The van der Waals surface area contributed by atoms with E-state index in [2.05, 4.69) is 15.5 Å². The van der Waals surface area contributed by atoms with Gasteiger partial charge in [-0.15, -0.1) is 5.10 Å². The van der Waals surface area contributed by atoms with E-state index in [0.717, 1.165) is 22.4 Å². The van der Waals surface area contributed by atoms with E-state index in [1.165, 1.54) is 23.9 Å². The van der Waals surface area contributed by atoms with Gasteiger partial charge < -0.3 is 0 Å². The summed E-state index contributed by atoms with van der Waals surface area (Å²) >= 11 is 7.52. The molecule has 0 aliphatic rings. The molecule has 0 bridgehead atoms. The second-order valence-electron chi connectivity index (χ2n) is 5.14. The van der Waals surface area contributed by atoms with Crippen molar-refractivity contribution in [2.75, 3.05) is 0 Å². The lowest BCUT2D eigenvalue weighted by molar-refractivity contribution is 0.627. The molecular formula is C16H14ClFN4S. The highest BCUT2D eigenvalue weighted by molar-refractivity contribution is 7.98. The topological polar surface area (TPSA) is 43.6 Å². The maximum atomic E-state index is 13.1. The normalized spacial score (nSPS) is 11.0. The minimum Gasteiger partial charge on any atom is -0.207 e.